The molecule has 0 nitrogen and oxygen atoms in total. The molecule has 4 aliphatic carbocycles. The van der Waals surface area contributed by atoms with E-state index in [-0.39, 0.29) is 5.41 Å². The first kappa shape index (κ1) is 14.6. The SMILES string of the molecule is c1ccc2c(c1)CC13C4=C2Cc2cccc(c24)-c2cccc(c21)-c1ccccc13. The van der Waals surface area contributed by atoms with Crippen LogP contribution in [0, 0.1) is 0 Å². The minimum Gasteiger partial charge on any atom is -0.0620 e. The van der Waals surface area contributed by atoms with Gasteiger partial charge in [0.2, 0.25) is 0 Å². The predicted molar refractivity (Wildman–Crippen MR) is 119 cm³/mol. The van der Waals surface area contributed by atoms with Gasteiger partial charge in [-0.15, -0.1) is 0 Å². The Morgan fingerprint density at radius 2 is 1.21 bits per heavy atom. The van der Waals surface area contributed by atoms with Crippen LogP contribution < -0.4 is 0 Å². The highest BCUT2D eigenvalue weighted by atomic mass is 14.6. The average molecular weight is 366 g/mol. The molecule has 0 N–H and O–H groups in total. The van der Waals surface area contributed by atoms with Gasteiger partial charge in [-0.05, 0) is 79.6 Å². The lowest BCUT2D eigenvalue weighted by molar-refractivity contribution is 0.667. The minimum atomic E-state index is -0.0359. The molecule has 0 aliphatic heterocycles. The van der Waals surface area contributed by atoms with Gasteiger partial charge in [0.1, 0.15) is 0 Å². The summed E-state index contributed by atoms with van der Waals surface area (Å²) in [5, 5.41) is 0. The van der Waals surface area contributed by atoms with Gasteiger partial charge in [-0.3, -0.25) is 0 Å². The molecule has 1 atom stereocenters. The summed E-state index contributed by atoms with van der Waals surface area (Å²) in [7, 11) is 0. The largest absolute Gasteiger partial charge is 0.0620 e. The second kappa shape index (κ2) is 4.60. The first-order valence-electron chi connectivity index (χ1n) is 10.6. The summed E-state index contributed by atoms with van der Waals surface area (Å²) in [5.41, 5.74) is 17.9. The molecule has 4 aromatic carbocycles. The highest BCUT2D eigenvalue weighted by molar-refractivity contribution is 6.14. The van der Waals surface area contributed by atoms with Crippen LogP contribution in [0.25, 0.3) is 33.4 Å². The van der Waals surface area contributed by atoms with Crippen LogP contribution in [0.2, 0.25) is 0 Å². The Labute approximate surface area is 170 Å². The minimum absolute atomic E-state index is 0.0359. The molecule has 0 radical (unpaired) electrons. The van der Waals surface area contributed by atoms with E-state index >= 15 is 0 Å². The Morgan fingerprint density at radius 3 is 2.14 bits per heavy atom. The Bertz CT molecular complexity index is 1450. The highest BCUT2D eigenvalue weighted by Crippen LogP contribution is 2.68. The van der Waals surface area contributed by atoms with Crippen LogP contribution in [0.1, 0.15) is 33.4 Å². The number of rotatable bonds is 0. The summed E-state index contributed by atoms with van der Waals surface area (Å²) in [6.45, 7) is 0. The molecule has 0 saturated carbocycles. The van der Waals surface area contributed by atoms with Gasteiger partial charge in [-0.1, -0.05) is 84.9 Å². The van der Waals surface area contributed by atoms with Crippen molar-refractivity contribution in [2.24, 2.45) is 0 Å². The van der Waals surface area contributed by atoms with Crippen LogP contribution in [0.3, 0.4) is 0 Å². The zero-order valence-corrected chi connectivity index (χ0v) is 16.0. The van der Waals surface area contributed by atoms with Crippen LogP contribution in [-0.4, -0.2) is 0 Å². The molecule has 4 aromatic rings. The van der Waals surface area contributed by atoms with E-state index in [4.69, 9.17) is 0 Å². The third-order valence-corrected chi connectivity index (χ3v) is 7.75. The third kappa shape index (κ3) is 1.44. The molecule has 8 rings (SSSR count). The average Bonchev–Trinajstić information content (AvgIpc) is 3.30. The molecule has 29 heavy (non-hydrogen) atoms. The van der Waals surface area contributed by atoms with Gasteiger partial charge < -0.3 is 0 Å². The third-order valence-electron chi connectivity index (χ3n) is 7.75. The maximum absolute atomic E-state index is 2.39. The van der Waals surface area contributed by atoms with Crippen LogP contribution >= 0.6 is 0 Å². The van der Waals surface area contributed by atoms with Gasteiger partial charge in [0.15, 0.2) is 0 Å². The summed E-state index contributed by atoms with van der Waals surface area (Å²) in [4.78, 5) is 0. The van der Waals surface area contributed by atoms with E-state index in [1.165, 1.54) is 50.1 Å². The van der Waals surface area contributed by atoms with E-state index in [9.17, 15) is 0 Å². The van der Waals surface area contributed by atoms with Crippen molar-refractivity contribution in [3.05, 3.63) is 118 Å². The monoisotopic (exact) mass is 366 g/mol. The molecule has 0 saturated heterocycles. The lowest BCUT2D eigenvalue weighted by Gasteiger charge is -2.43. The smallest absolute Gasteiger partial charge is 0.0519 e. The summed E-state index contributed by atoms with van der Waals surface area (Å²) in [6, 6.07) is 32.2. The molecular formula is C29H18. The zero-order valence-electron chi connectivity index (χ0n) is 16.0. The first-order valence-corrected chi connectivity index (χ1v) is 10.6. The molecule has 0 fully saturated rings. The van der Waals surface area contributed by atoms with Gasteiger partial charge in [0, 0.05) is 0 Å². The van der Waals surface area contributed by atoms with Crippen LogP contribution in [0.4, 0.5) is 0 Å². The van der Waals surface area contributed by atoms with E-state index in [1.807, 2.05) is 0 Å². The molecular weight excluding hydrogens is 348 g/mol. The normalized spacial score (nSPS) is 20.8. The molecule has 134 valence electrons. The molecule has 0 amide bonds. The molecule has 0 heteroatoms. The standard InChI is InChI=1S/C29H18/c1-2-9-19-18(7-1)16-29-25-14-4-3-10-20(25)22-12-6-13-23(27(22)29)21-11-5-8-17-15-24(19)28(29)26(17)21/h1-14H,15-16H2. The lowest BCUT2D eigenvalue weighted by Crippen LogP contribution is -2.35. The fourth-order valence-electron chi connectivity index (χ4n) is 6.87. The number of hydrogen-bond donors (Lipinski definition) is 0. The Morgan fingerprint density at radius 1 is 0.552 bits per heavy atom. The van der Waals surface area contributed by atoms with Crippen molar-refractivity contribution in [3.8, 4) is 22.3 Å². The van der Waals surface area contributed by atoms with Crippen molar-refractivity contribution in [1.82, 2.24) is 0 Å². The van der Waals surface area contributed by atoms with E-state index in [0.717, 1.165) is 12.8 Å². The van der Waals surface area contributed by atoms with E-state index in [0.29, 0.717) is 0 Å². The van der Waals surface area contributed by atoms with Crippen molar-refractivity contribution in [2.45, 2.75) is 18.3 Å². The van der Waals surface area contributed by atoms with Crippen molar-refractivity contribution in [3.63, 3.8) is 0 Å². The van der Waals surface area contributed by atoms with Gasteiger partial charge in [0.25, 0.3) is 0 Å². The second-order valence-electron chi connectivity index (χ2n) is 8.88. The molecule has 0 aromatic heterocycles. The van der Waals surface area contributed by atoms with Gasteiger partial charge in [-0.25, -0.2) is 0 Å². The van der Waals surface area contributed by atoms with Crippen LogP contribution in [-0.2, 0) is 18.3 Å². The maximum Gasteiger partial charge on any atom is 0.0519 e. The van der Waals surface area contributed by atoms with Crippen molar-refractivity contribution < 1.29 is 0 Å². The predicted octanol–water partition coefficient (Wildman–Crippen LogP) is 6.66. The molecule has 0 bridgehead atoms. The summed E-state index contributed by atoms with van der Waals surface area (Å²) >= 11 is 0. The summed E-state index contributed by atoms with van der Waals surface area (Å²) in [5.74, 6) is 0. The maximum atomic E-state index is 2.39. The van der Waals surface area contributed by atoms with Crippen molar-refractivity contribution in [1.29, 1.82) is 0 Å². The molecule has 1 unspecified atom stereocenters. The summed E-state index contributed by atoms with van der Waals surface area (Å²) in [6.07, 6.45) is 2.12. The zero-order chi connectivity index (χ0) is 18.7. The fraction of sp³-hybridized carbons (Fsp3) is 0.103. The lowest BCUT2D eigenvalue weighted by atomic mass is 9.58. The number of allylic oxidation sites excluding steroid dienone is 2. The highest BCUT2D eigenvalue weighted by Gasteiger charge is 2.55. The Hall–Kier alpha value is -3.38. The van der Waals surface area contributed by atoms with E-state index < -0.39 is 0 Å². The van der Waals surface area contributed by atoms with Crippen molar-refractivity contribution in [2.75, 3.05) is 0 Å². The second-order valence-corrected chi connectivity index (χ2v) is 8.88. The van der Waals surface area contributed by atoms with Crippen LogP contribution in [0.5, 0.6) is 0 Å². The summed E-state index contributed by atoms with van der Waals surface area (Å²) < 4.78 is 0. The Balaban J connectivity index is 1.66. The van der Waals surface area contributed by atoms with Gasteiger partial charge >= 0.3 is 0 Å². The fourth-order valence-corrected chi connectivity index (χ4v) is 6.87. The van der Waals surface area contributed by atoms with E-state index in [1.54, 1.807) is 16.7 Å². The van der Waals surface area contributed by atoms with Gasteiger partial charge in [0.05, 0.1) is 5.41 Å². The van der Waals surface area contributed by atoms with Crippen LogP contribution in [0.15, 0.2) is 84.9 Å². The number of hydrogen-bond acceptors (Lipinski definition) is 0. The first-order chi connectivity index (χ1) is 14.4. The topological polar surface area (TPSA) is 0 Å². The molecule has 1 spiro atoms. The quantitative estimate of drug-likeness (QED) is 0.326. The van der Waals surface area contributed by atoms with Crippen molar-refractivity contribution >= 4 is 11.1 Å². The Kier molecular flexibility index (Phi) is 2.32. The molecule has 0 heterocycles. The van der Waals surface area contributed by atoms with E-state index in [2.05, 4.69) is 84.9 Å². The van der Waals surface area contributed by atoms with Gasteiger partial charge in [-0.2, -0.15) is 0 Å². The molecule has 4 aliphatic rings. The number of fused-ring (bicyclic) bond motifs is 5. The number of benzene rings is 4.